The van der Waals surface area contributed by atoms with Crippen molar-refractivity contribution in [1.82, 2.24) is 20.4 Å². The summed E-state index contributed by atoms with van der Waals surface area (Å²) in [5, 5.41) is 20.5. The average Bonchev–Trinajstić information content (AvgIpc) is 3.19. The minimum atomic E-state index is -5.08. The summed E-state index contributed by atoms with van der Waals surface area (Å²) in [5.41, 5.74) is 2.73. The number of piperidine rings is 1. The molecule has 1 fully saturated rings. The van der Waals surface area contributed by atoms with Gasteiger partial charge < -0.3 is 21.1 Å². The highest BCUT2D eigenvalue weighted by molar-refractivity contribution is 6.04. The Morgan fingerprint density at radius 2 is 1.79 bits per heavy atom. The molecule has 1 aromatic heterocycles. The van der Waals surface area contributed by atoms with Crippen LogP contribution in [0.4, 0.5) is 18.9 Å². The number of hydrogen-bond acceptors (Lipinski definition) is 5. The maximum atomic E-state index is 12.5. The Morgan fingerprint density at radius 1 is 1.18 bits per heavy atom. The number of benzene rings is 1. The van der Waals surface area contributed by atoms with Crippen molar-refractivity contribution in [2.75, 3.05) is 18.4 Å². The van der Waals surface area contributed by atoms with Crippen molar-refractivity contribution in [3.8, 4) is 0 Å². The molecule has 178 valence electrons. The molecule has 2 aromatic rings. The number of carbonyl (C=O) groups excluding carboxylic acids is 2. The highest BCUT2D eigenvalue weighted by Crippen LogP contribution is 2.26. The molecule has 0 radical (unpaired) electrons. The lowest BCUT2D eigenvalue weighted by molar-refractivity contribution is -0.192. The third-order valence-corrected chi connectivity index (χ3v) is 5.29. The molecule has 3 heterocycles. The third kappa shape index (κ3) is 6.31. The van der Waals surface area contributed by atoms with Gasteiger partial charge in [0.25, 0.3) is 11.8 Å². The van der Waals surface area contributed by atoms with Crippen molar-refractivity contribution >= 4 is 23.5 Å². The number of nitrogens with zero attached hydrogens (tertiary/aromatic N) is 2. The minimum Gasteiger partial charge on any atom is -0.475 e. The molecule has 1 saturated heterocycles. The summed E-state index contributed by atoms with van der Waals surface area (Å²) in [6, 6.07) is 9.58. The van der Waals surface area contributed by atoms with Crippen molar-refractivity contribution < 1.29 is 32.7 Å². The number of nitrogens with one attached hydrogen (secondary N) is 3. The van der Waals surface area contributed by atoms with E-state index in [1.807, 2.05) is 19.1 Å². The van der Waals surface area contributed by atoms with E-state index < -0.39 is 12.1 Å². The summed E-state index contributed by atoms with van der Waals surface area (Å²) in [5.74, 6) is -2.67. The Hall–Kier alpha value is -3.41. The van der Waals surface area contributed by atoms with E-state index in [-0.39, 0.29) is 23.6 Å². The standard InChI is InChI=1S/C19H23N5O2.C2HF3O2/c1-12-11-24-17(19(26)21-12)10-16(23-24)18(25)22-15-4-2-13(3-5-15)14-6-8-20-9-7-14;3-2(4,5)1(6)7/h2-5,10,12,14,20H,6-9,11H2,1H3,(H,21,26)(H,22,25);(H,6,7). The lowest BCUT2D eigenvalue weighted by Crippen LogP contribution is -2.42. The van der Waals surface area contributed by atoms with Gasteiger partial charge in [-0.15, -0.1) is 0 Å². The highest BCUT2D eigenvalue weighted by atomic mass is 19.4. The first-order valence-electron chi connectivity index (χ1n) is 10.4. The van der Waals surface area contributed by atoms with Crippen LogP contribution in [0.15, 0.2) is 30.3 Å². The fourth-order valence-corrected chi connectivity index (χ4v) is 3.64. The van der Waals surface area contributed by atoms with Gasteiger partial charge in [0.1, 0.15) is 5.69 Å². The van der Waals surface area contributed by atoms with Crippen LogP contribution in [0.1, 0.15) is 52.2 Å². The quantitative estimate of drug-likeness (QED) is 0.549. The maximum Gasteiger partial charge on any atom is 0.490 e. The zero-order chi connectivity index (χ0) is 24.2. The Balaban J connectivity index is 0.000000383. The zero-order valence-electron chi connectivity index (χ0n) is 17.8. The van der Waals surface area contributed by atoms with Crippen molar-refractivity contribution in [3.63, 3.8) is 0 Å². The Kier molecular flexibility index (Phi) is 7.36. The molecule has 4 rings (SSSR count). The van der Waals surface area contributed by atoms with E-state index in [0.29, 0.717) is 18.2 Å². The van der Waals surface area contributed by atoms with Gasteiger partial charge >= 0.3 is 12.1 Å². The van der Waals surface area contributed by atoms with Gasteiger partial charge in [-0.2, -0.15) is 18.3 Å². The summed E-state index contributed by atoms with van der Waals surface area (Å²) in [6.07, 6.45) is -2.79. The van der Waals surface area contributed by atoms with E-state index in [0.717, 1.165) is 31.6 Å². The van der Waals surface area contributed by atoms with Gasteiger partial charge in [0.15, 0.2) is 5.69 Å². The molecule has 33 heavy (non-hydrogen) atoms. The van der Waals surface area contributed by atoms with E-state index in [4.69, 9.17) is 9.90 Å². The largest absolute Gasteiger partial charge is 0.490 e. The van der Waals surface area contributed by atoms with Crippen LogP contribution in [-0.4, -0.2) is 58.0 Å². The number of carbonyl (C=O) groups is 3. The number of fused-ring (bicyclic) bond motifs is 1. The first-order chi connectivity index (χ1) is 15.5. The van der Waals surface area contributed by atoms with Crippen LogP contribution in [0.5, 0.6) is 0 Å². The van der Waals surface area contributed by atoms with Crippen LogP contribution in [0.25, 0.3) is 0 Å². The molecule has 0 spiro atoms. The van der Waals surface area contributed by atoms with Gasteiger partial charge in [-0.3, -0.25) is 14.3 Å². The smallest absolute Gasteiger partial charge is 0.475 e. The number of rotatable bonds is 3. The predicted molar refractivity (Wildman–Crippen MR) is 112 cm³/mol. The van der Waals surface area contributed by atoms with Crippen LogP contribution >= 0.6 is 0 Å². The lowest BCUT2D eigenvalue weighted by Gasteiger charge is -2.23. The van der Waals surface area contributed by atoms with Crippen LogP contribution in [-0.2, 0) is 11.3 Å². The first kappa shape index (κ1) is 24.2. The second-order valence-corrected chi connectivity index (χ2v) is 7.87. The molecular formula is C21H24F3N5O4. The van der Waals surface area contributed by atoms with Gasteiger partial charge in [-0.05, 0) is 56.5 Å². The number of hydrogen-bond donors (Lipinski definition) is 4. The normalized spacial score (nSPS) is 18.4. The van der Waals surface area contributed by atoms with Gasteiger partial charge in [-0.25, -0.2) is 4.79 Å². The average molecular weight is 467 g/mol. The summed E-state index contributed by atoms with van der Waals surface area (Å²) in [6.45, 7) is 4.59. The molecule has 1 atom stereocenters. The molecule has 0 saturated carbocycles. The molecule has 2 amide bonds. The van der Waals surface area contributed by atoms with Gasteiger partial charge in [-0.1, -0.05) is 12.1 Å². The molecule has 9 nitrogen and oxygen atoms in total. The van der Waals surface area contributed by atoms with Gasteiger partial charge in [0, 0.05) is 17.8 Å². The molecule has 0 aliphatic carbocycles. The monoisotopic (exact) mass is 467 g/mol. The van der Waals surface area contributed by atoms with E-state index in [1.54, 1.807) is 10.7 Å². The lowest BCUT2D eigenvalue weighted by atomic mass is 9.90. The Labute approximate surface area is 187 Å². The molecule has 2 aliphatic rings. The molecule has 12 heteroatoms. The Morgan fingerprint density at radius 3 is 2.36 bits per heavy atom. The number of carboxylic acid groups (broad SMARTS) is 1. The molecule has 1 unspecified atom stereocenters. The number of anilines is 1. The number of halogens is 3. The van der Waals surface area contributed by atoms with E-state index >= 15 is 0 Å². The van der Waals surface area contributed by atoms with Crippen LogP contribution in [0.3, 0.4) is 0 Å². The van der Waals surface area contributed by atoms with Crippen LogP contribution in [0.2, 0.25) is 0 Å². The van der Waals surface area contributed by atoms with Crippen molar-refractivity contribution in [2.45, 2.75) is 44.4 Å². The first-order valence-corrected chi connectivity index (χ1v) is 10.4. The second-order valence-electron chi connectivity index (χ2n) is 7.87. The van der Waals surface area contributed by atoms with E-state index in [2.05, 4.69) is 33.2 Å². The summed E-state index contributed by atoms with van der Waals surface area (Å²) in [7, 11) is 0. The third-order valence-electron chi connectivity index (χ3n) is 5.29. The topological polar surface area (TPSA) is 125 Å². The summed E-state index contributed by atoms with van der Waals surface area (Å²) < 4.78 is 33.3. The van der Waals surface area contributed by atoms with Crippen molar-refractivity contribution in [2.24, 2.45) is 0 Å². The van der Waals surface area contributed by atoms with Crippen LogP contribution in [0, 0.1) is 0 Å². The van der Waals surface area contributed by atoms with Gasteiger partial charge in [0.05, 0.1) is 6.54 Å². The van der Waals surface area contributed by atoms with E-state index in [1.165, 1.54) is 5.56 Å². The number of aliphatic carboxylic acids is 1. The second kappa shape index (κ2) is 10.0. The van der Waals surface area contributed by atoms with Crippen molar-refractivity contribution in [3.05, 3.63) is 47.3 Å². The Bertz CT molecular complexity index is 1010. The van der Waals surface area contributed by atoms with Crippen LogP contribution < -0.4 is 16.0 Å². The number of carboxylic acids is 1. The molecule has 0 bridgehead atoms. The fraction of sp³-hybridized carbons (Fsp3) is 0.429. The fourth-order valence-electron chi connectivity index (χ4n) is 3.64. The highest BCUT2D eigenvalue weighted by Gasteiger charge is 2.38. The maximum absolute atomic E-state index is 12.5. The summed E-state index contributed by atoms with van der Waals surface area (Å²) in [4.78, 5) is 33.3. The molecule has 4 N–H and O–H groups in total. The zero-order valence-corrected chi connectivity index (χ0v) is 17.8. The minimum absolute atomic E-state index is 0.00772. The molecule has 1 aromatic carbocycles. The van der Waals surface area contributed by atoms with Gasteiger partial charge in [0.2, 0.25) is 0 Å². The SMILES string of the molecule is CC1Cn2nc(C(=O)Nc3ccc(C4CCNCC4)cc3)cc2C(=O)N1.O=C(O)C(F)(F)F. The number of alkyl halides is 3. The van der Waals surface area contributed by atoms with Crippen molar-refractivity contribution in [1.29, 1.82) is 0 Å². The summed E-state index contributed by atoms with van der Waals surface area (Å²) >= 11 is 0. The molecular weight excluding hydrogens is 443 g/mol. The number of amides is 2. The molecule has 2 aliphatic heterocycles. The predicted octanol–water partition coefficient (Wildman–Crippen LogP) is 2.37. The van der Waals surface area contributed by atoms with E-state index in [9.17, 15) is 22.8 Å². The number of aromatic nitrogens is 2.